The van der Waals surface area contributed by atoms with E-state index in [0.717, 1.165) is 42.5 Å². The van der Waals surface area contributed by atoms with Crippen LogP contribution in [-0.2, 0) is 12.8 Å². The van der Waals surface area contributed by atoms with Crippen molar-refractivity contribution in [2.75, 3.05) is 13.2 Å². The summed E-state index contributed by atoms with van der Waals surface area (Å²) in [5.74, 6) is 1.02. The maximum atomic E-state index is 6.22. The number of thiazole rings is 1. The van der Waals surface area contributed by atoms with Gasteiger partial charge in [0.25, 0.3) is 0 Å². The molecule has 0 radical (unpaired) electrons. The van der Waals surface area contributed by atoms with Gasteiger partial charge in [-0.2, -0.15) is 0 Å². The third kappa shape index (κ3) is 2.82. The minimum atomic E-state index is 0.206. The topological polar surface area (TPSA) is 34.1 Å². The molecule has 0 bridgehead atoms. The van der Waals surface area contributed by atoms with Crippen molar-refractivity contribution in [3.63, 3.8) is 0 Å². The molecule has 0 spiro atoms. The first-order valence-corrected chi connectivity index (χ1v) is 8.15. The fourth-order valence-electron chi connectivity index (χ4n) is 2.64. The predicted molar refractivity (Wildman–Crippen MR) is 82.9 cm³/mol. The van der Waals surface area contributed by atoms with Crippen molar-refractivity contribution in [2.24, 2.45) is 0 Å². The first kappa shape index (κ1) is 13.9. The van der Waals surface area contributed by atoms with Gasteiger partial charge in [0, 0.05) is 16.8 Å². The lowest BCUT2D eigenvalue weighted by molar-refractivity contribution is 0.351. The Kier molecular flexibility index (Phi) is 4.24. The molecule has 1 unspecified atom stereocenters. The van der Waals surface area contributed by atoms with E-state index in [9.17, 15) is 0 Å². The Balaban J connectivity index is 1.89. The summed E-state index contributed by atoms with van der Waals surface area (Å²) in [5, 5.41) is 6.38. The third-order valence-electron chi connectivity index (χ3n) is 3.51. The smallest absolute Gasteiger partial charge is 0.125 e. The number of hydrogen-bond acceptors (Lipinski definition) is 4. The van der Waals surface area contributed by atoms with Crippen molar-refractivity contribution in [3.05, 3.63) is 44.9 Å². The highest BCUT2D eigenvalue weighted by Gasteiger charge is 2.21. The summed E-state index contributed by atoms with van der Waals surface area (Å²) < 4.78 is 5.78. The number of fused-ring (bicyclic) bond motifs is 1. The van der Waals surface area contributed by atoms with Crippen molar-refractivity contribution >= 4 is 22.9 Å². The van der Waals surface area contributed by atoms with Crippen molar-refractivity contribution in [1.82, 2.24) is 10.3 Å². The van der Waals surface area contributed by atoms with Gasteiger partial charge in [-0.3, -0.25) is 0 Å². The Morgan fingerprint density at radius 2 is 2.40 bits per heavy atom. The summed E-state index contributed by atoms with van der Waals surface area (Å²) in [6.07, 6.45) is 1.80. The van der Waals surface area contributed by atoms with Crippen LogP contribution in [0.15, 0.2) is 23.0 Å². The lowest BCUT2D eigenvalue weighted by atomic mass is 10.00. The van der Waals surface area contributed by atoms with Crippen molar-refractivity contribution in [1.29, 1.82) is 0 Å². The van der Waals surface area contributed by atoms with Crippen LogP contribution in [0.3, 0.4) is 0 Å². The fraction of sp³-hybridized carbons (Fsp3) is 0.400. The van der Waals surface area contributed by atoms with E-state index in [4.69, 9.17) is 16.3 Å². The van der Waals surface area contributed by atoms with E-state index in [1.54, 1.807) is 11.3 Å². The second-order valence-corrected chi connectivity index (χ2v) is 6.03. The number of benzene rings is 1. The van der Waals surface area contributed by atoms with Crippen LogP contribution in [0.1, 0.15) is 29.8 Å². The van der Waals surface area contributed by atoms with Crippen molar-refractivity contribution < 1.29 is 4.74 Å². The zero-order chi connectivity index (χ0) is 13.9. The van der Waals surface area contributed by atoms with Gasteiger partial charge in [0.05, 0.1) is 23.9 Å². The summed E-state index contributed by atoms with van der Waals surface area (Å²) in [6, 6.07) is 4.24. The largest absolute Gasteiger partial charge is 0.493 e. The Labute approximate surface area is 127 Å². The molecular weight excluding hydrogens is 292 g/mol. The van der Waals surface area contributed by atoms with Crippen LogP contribution in [0.4, 0.5) is 0 Å². The number of aromatic nitrogens is 1. The van der Waals surface area contributed by atoms with Gasteiger partial charge in [-0.05, 0) is 36.2 Å². The van der Waals surface area contributed by atoms with Crippen LogP contribution < -0.4 is 10.1 Å². The first-order valence-electron chi connectivity index (χ1n) is 6.83. The number of rotatable bonds is 5. The van der Waals surface area contributed by atoms with E-state index in [0.29, 0.717) is 0 Å². The van der Waals surface area contributed by atoms with Crippen molar-refractivity contribution in [2.45, 2.75) is 25.8 Å². The molecule has 0 fully saturated rings. The molecule has 1 N–H and O–H groups in total. The number of hydrogen-bond donors (Lipinski definition) is 1. The summed E-state index contributed by atoms with van der Waals surface area (Å²) >= 11 is 7.85. The van der Waals surface area contributed by atoms with Gasteiger partial charge in [-0.1, -0.05) is 18.5 Å². The minimum absolute atomic E-state index is 0.206. The average molecular weight is 309 g/mol. The Bertz CT molecular complexity index is 586. The zero-order valence-electron chi connectivity index (χ0n) is 11.4. The monoisotopic (exact) mass is 308 g/mol. The lowest BCUT2D eigenvalue weighted by Crippen LogP contribution is -2.23. The van der Waals surface area contributed by atoms with Crippen LogP contribution >= 0.6 is 22.9 Å². The van der Waals surface area contributed by atoms with Gasteiger partial charge in [-0.25, -0.2) is 4.98 Å². The Morgan fingerprint density at radius 1 is 1.50 bits per heavy atom. The Morgan fingerprint density at radius 3 is 3.15 bits per heavy atom. The van der Waals surface area contributed by atoms with Crippen molar-refractivity contribution in [3.8, 4) is 5.75 Å². The van der Waals surface area contributed by atoms with E-state index in [1.807, 2.05) is 17.6 Å². The molecule has 1 aromatic carbocycles. The standard InChI is InChI=1S/C15H17ClN2OS/c1-2-17-13(14-8-20-9-18-14)7-11-6-12(16)5-10-3-4-19-15(10)11/h5-6,8-9,13,17H,2-4,7H2,1H3. The summed E-state index contributed by atoms with van der Waals surface area (Å²) in [4.78, 5) is 4.43. The van der Waals surface area contributed by atoms with E-state index in [-0.39, 0.29) is 6.04 Å². The second kappa shape index (κ2) is 6.12. The molecule has 1 aromatic heterocycles. The molecule has 0 saturated carbocycles. The molecule has 0 amide bonds. The van der Waals surface area contributed by atoms with Crippen LogP contribution in [0.2, 0.25) is 5.02 Å². The summed E-state index contributed by atoms with van der Waals surface area (Å²) in [5.41, 5.74) is 5.35. The van der Waals surface area contributed by atoms with Gasteiger partial charge in [0.15, 0.2) is 0 Å². The van der Waals surface area contributed by atoms with Gasteiger partial charge in [0.1, 0.15) is 5.75 Å². The highest BCUT2D eigenvalue weighted by Crippen LogP contribution is 2.35. The summed E-state index contributed by atoms with van der Waals surface area (Å²) in [6.45, 7) is 3.77. The molecule has 3 nitrogen and oxygen atoms in total. The Hall–Kier alpha value is -1.10. The molecule has 0 saturated heterocycles. The fourth-order valence-corrected chi connectivity index (χ4v) is 3.51. The van der Waals surface area contributed by atoms with Crippen LogP contribution in [-0.4, -0.2) is 18.1 Å². The maximum Gasteiger partial charge on any atom is 0.125 e. The van der Waals surface area contributed by atoms with Crippen LogP contribution in [0.5, 0.6) is 5.75 Å². The normalized spacial score (nSPS) is 14.9. The van der Waals surface area contributed by atoms with Crippen LogP contribution in [0.25, 0.3) is 0 Å². The zero-order valence-corrected chi connectivity index (χ0v) is 12.9. The maximum absolute atomic E-state index is 6.22. The third-order valence-corrected chi connectivity index (χ3v) is 4.33. The lowest BCUT2D eigenvalue weighted by Gasteiger charge is -2.18. The molecule has 0 aliphatic carbocycles. The molecule has 2 aromatic rings. The van der Waals surface area contributed by atoms with Gasteiger partial charge >= 0.3 is 0 Å². The molecule has 1 atom stereocenters. The number of likely N-dealkylation sites (N-methyl/N-ethyl adjacent to an activating group) is 1. The van der Waals surface area contributed by atoms with E-state index < -0.39 is 0 Å². The highest BCUT2D eigenvalue weighted by atomic mass is 35.5. The molecule has 5 heteroatoms. The molecule has 3 rings (SSSR count). The number of ether oxygens (including phenoxy) is 1. The first-order chi connectivity index (χ1) is 9.78. The van der Waals surface area contributed by atoms with E-state index in [1.165, 1.54) is 11.1 Å². The van der Waals surface area contributed by atoms with Gasteiger partial charge in [-0.15, -0.1) is 11.3 Å². The van der Waals surface area contributed by atoms with Gasteiger partial charge in [0.2, 0.25) is 0 Å². The molecular formula is C15H17ClN2OS. The highest BCUT2D eigenvalue weighted by molar-refractivity contribution is 7.07. The predicted octanol–water partition coefficient (Wildman–Crippen LogP) is 3.62. The second-order valence-electron chi connectivity index (χ2n) is 4.88. The quantitative estimate of drug-likeness (QED) is 0.916. The average Bonchev–Trinajstić information content (AvgIpc) is 3.08. The molecule has 20 heavy (non-hydrogen) atoms. The molecule has 1 aliphatic rings. The van der Waals surface area contributed by atoms with E-state index in [2.05, 4.69) is 22.6 Å². The molecule has 106 valence electrons. The number of halogens is 1. The van der Waals surface area contributed by atoms with Crippen LogP contribution in [0, 0.1) is 0 Å². The molecule has 1 aliphatic heterocycles. The van der Waals surface area contributed by atoms with E-state index >= 15 is 0 Å². The van der Waals surface area contributed by atoms with Gasteiger partial charge < -0.3 is 10.1 Å². The number of nitrogens with one attached hydrogen (secondary N) is 1. The minimum Gasteiger partial charge on any atom is -0.493 e. The SMILES string of the molecule is CCNC(Cc1cc(Cl)cc2c1OCC2)c1cscn1. The summed E-state index contributed by atoms with van der Waals surface area (Å²) in [7, 11) is 0. The molecule has 2 heterocycles. The number of nitrogens with zero attached hydrogens (tertiary/aromatic N) is 1.